The van der Waals surface area contributed by atoms with Crippen LogP contribution in [0.3, 0.4) is 0 Å². The Morgan fingerprint density at radius 3 is 2.37 bits per heavy atom. The molecule has 0 aliphatic carbocycles. The first-order chi connectivity index (χ1) is 12.8. The summed E-state index contributed by atoms with van der Waals surface area (Å²) in [6.07, 6.45) is -4.51. The highest BCUT2D eigenvalue weighted by atomic mass is 19.4. The summed E-state index contributed by atoms with van der Waals surface area (Å²) in [4.78, 5) is 15.9. The number of amides is 1. The molecule has 0 atom stereocenters. The first-order valence-corrected chi connectivity index (χ1v) is 8.21. The molecule has 3 rings (SSSR count). The van der Waals surface area contributed by atoms with Crippen LogP contribution in [-0.4, -0.2) is 37.0 Å². The predicted octanol–water partition coefficient (Wildman–Crippen LogP) is 3.68. The van der Waals surface area contributed by atoms with E-state index in [1.165, 1.54) is 29.2 Å². The van der Waals surface area contributed by atoms with Crippen LogP contribution in [0, 0.1) is 17.1 Å². The zero-order chi connectivity index (χ0) is 19.6. The zero-order valence-corrected chi connectivity index (χ0v) is 14.1. The first-order valence-electron chi connectivity index (χ1n) is 8.21. The van der Waals surface area contributed by atoms with Gasteiger partial charge in [0, 0.05) is 31.7 Å². The van der Waals surface area contributed by atoms with Crippen molar-refractivity contribution in [1.82, 2.24) is 4.90 Å². The van der Waals surface area contributed by atoms with Gasteiger partial charge in [0.2, 0.25) is 0 Å². The van der Waals surface area contributed by atoms with Crippen molar-refractivity contribution in [2.75, 3.05) is 31.1 Å². The van der Waals surface area contributed by atoms with Crippen molar-refractivity contribution in [3.63, 3.8) is 0 Å². The molecular weight excluding hydrogens is 362 g/mol. The third-order valence-corrected chi connectivity index (χ3v) is 4.42. The lowest BCUT2D eigenvalue weighted by Crippen LogP contribution is -2.49. The van der Waals surface area contributed by atoms with E-state index >= 15 is 0 Å². The molecule has 0 unspecified atom stereocenters. The number of hydrogen-bond acceptors (Lipinski definition) is 3. The summed E-state index contributed by atoms with van der Waals surface area (Å²) in [5.41, 5.74) is -0.104. The van der Waals surface area contributed by atoms with Crippen LogP contribution in [0.2, 0.25) is 0 Å². The molecule has 0 spiro atoms. The number of carbonyl (C=O) groups excluding carboxylic acids is 1. The highest BCUT2D eigenvalue weighted by Gasteiger charge is 2.31. The van der Waals surface area contributed by atoms with Crippen LogP contribution < -0.4 is 4.90 Å². The van der Waals surface area contributed by atoms with Gasteiger partial charge in [-0.3, -0.25) is 4.79 Å². The molecule has 2 aromatic carbocycles. The van der Waals surface area contributed by atoms with E-state index < -0.39 is 23.5 Å². The molecule has 1 aliphatic rings. The maximum atomic E-state index is 13.3. The molecule has 27 heavy (non-hydrogen) atoms. The quantitative estimate of drug-likeness (QED) is 0.751. The zero-order valence-electron chi connectivity index (χ0n) is 14.1. The Hall–Kier alpha value is -3.08. The van der Waals surface area contributed by atoms with Gasteiger partial charge in [-0.1, -0.05) is 6.07 Å². The largest absolute Gasteiger partial charge is 0.416 e. The van der Waals surface area contributed by atoms with Gasteiger partial charge >= 0.3 is 6.18 Å². The molecule has 0 aromatic heterocycles. The SMILES string of the molecule is N#Cc1cc(F)ccc1N1CCN(C(=O)c2cccc(C(F)(F)F)c2)CC1. The van der Waals surface area contributed by atoms with Crippen LogP contribution in [0.1, 0.15) is 21.5 Å². The van der Waals surface area contributed by atoms with Gasteiger partial charge in [-0.25, -0.2) is 4.39 Å². The summed E-state index contributed by atoms with van der Waals surface area (Å²) >= 11 is 0. The lowest BCUT2D eigenvalue weighted by atomic mass is 10.1. The number of nitriles is 1. The number of hydrogen-bond donors (Lipinski definition) is 0. The van der Waals surface area contributed by atoms with E-state index in [4.69, 9.17) is 5.26 Å². The fraction of sp³-hybridized carbons (Fsp3) is 0.263. The molecule has 1 saturated heterocycles. The minimum atomic E-state index is -4.51. The molecule has 0 saturated carbocycles. The van der Waals surface area contributed by atoms with Crippen LogP contribution in [0.25, 0.3) is 0 Å². The molecule has 1 aliphatic heterocycles. The maximum absolute atomic E-state index is 13.3. The van der Waals surface area contributed by atoms with Crippen molar-refractivity contribution >= 4 is 11.6 Å². The number of anilines is 1. The molecular formula is C19H15F4N3O. The molecule has 1 fully saturated rings. The third-order valence-electron chi connectivity index (χ3n) is 4.42. The van der Waals surface area contributed by atoms with E-state index in [2.05, 4.69) is 0 Å². The molecule has 1 heterocycles. The molecule has 0 radical (unpaired) electrons. The van der Waals surface area contributed by atoms with E-state index in [9.17, 15) is 22.4 Å². The first kappa shape index (κ1) is 18.7. The highest BCUT2D eigenvalue weighted by Crippen LogP contribution is 2.30. The van der Waals surface area contributed by atoms with E-state index in [0.29, 0.717) is 18.8 Å². The van der Waals surface area contributed by atoms with Gasteiger partial charge in [-0.15, -0.1) is 0 Å². The maximum Gasteiger partial charge on any atom is 0.416 e. The van der Waals surface area contributed by atoms with Crippen molar-refractivity contribution in [1.29, 1.82) is 5.26 Å². The van der Waals surface area contributed by atoms with E-state index in [1.807, 2.05) is 11.0 Å². The number of carbonyl (C=O) groups is 1. The van der Waals surface area contributed by atoms with Gasteiger partial charge in [0.25, 0.3) is 5.91 Å². The molecule has 8 heteroatoms. The fourth-order valence-electron chi connectivity index (χ4n) is 3.04. The van der Waals surface area contributed by atoms with Crippen LogP contribution >= 0.6 is 0 Å². The Kier molecular flexibility index (Phi) is 5.04. The van der Waals surface area contributed by atoms with Gasteiger partial charge in [0.15, 0.2) is 0 Å². The van der Waals surface area contributed by atoms with Crippen molar-refractivity contribution in [2.24, 2.45) is 0 Å². The summed E-state index contributed by atoms with van der Waals surface area (Å²) in [7, 11) is 0. The fourth-order valence-corrected chi connectivity index (χ4v) is 3.04. The second-order valence-electron chi connectivity index (χ2n) is 6.13. The second kappa shape index (κ2) is 7.27. The number of halogens is 4. The van der Waals surface area contributed by atoms with Crippen molar-refractivity contribution in [2.45, 2.75) is 6.18 Å². The Balaban J connectivity index is 1.71. The molecule has 0 N–H and O–H groups in total. The Labute approximate surface area is 153 Å². The Morgan fingerprint density at radius 1 is 1.04 bits per heavy atom. The summed E-state index contributed by atoms with van der Waals surface area (Å²) in [6.45, 7) is 1.37. The summed E-state index contributed by atoms with van der Waals surface area (Å²) in [6, 6.07) is 10.2. The van der Waals surface area contributed by atoms with Crippen LogP contribution in [0.5, 0.6) is 0 Å². The average molecular weight is 377 g/mol. The molecule has 1 amide bonds. The lowest BCUT2D eigenvalue weighted by molar-refractivity contribution is -0.137. The number of benzene rings is 2. The summed E-state index contributed by atoms with van der Waals surface area (Å²) < 4.78 is 51.8. The van der Waals surface area contributed by atoms with Gasteiger partial charge in [-0.05, 0) is 36.4 Å². The summed E-state index contributed by atoms with van der Waals surface area (Å²) in [5.74, 6) is -0.978. The minimum Gasteiger partial charge on any atom is -0.367 e. The number of nitrogens with zero attached hydrogens (tertiary/aromatic N) is 3. The smallest absolute Gasteiger partial charge is 0.367 e. The topological polar surface area (TPSA) is 47.3 Å². The number of rotatable bonds is 2. The Bertz CT molecular complexity index is 897. The molecule has 0 bridgehead atoms. The van der Waals surface area contributed by atoms with Gasteiger partial charge in [0.1, 0.15) is 11.9 Å². The van der Waals surface area contributed by atoms with E-state index in [0.717, 1.165) is 18.2 Å². The summed E-state index contributed by atoms with van der Waals surface area (Å²) in [5, 5.41) is 9.15. The van der Waals surface area contributed by atoms with Crippen molar-refractivity contribution in [3.8, 4) is 6.07 Å². The minimum absolute atomic E-state index is 0.0160. The lowest BCUT2D eigenvalue weighted by Gasteiger charge is -2.36. The second-order valence-corrected chi connectivity index (χ2v) is 6.13. The standard InChI is InChI=1S/C19H15F4N3O/c20-16-4-5-17(14(11-16)12-24)25-6-8-26(9-7-25)18(27)13-2-1-3-15(10-13)19(21,22)23/h1-5,10-11H,6-9H2. The van der Waals surface area contributed by atoms with Crippen molar-refractivity contribution in [3.05, 3.63) is 65.0 Å². The highest BCUT2D eigenvalue weighted by molar-refractivity contribution is 5.94. The number of alkyl halides is 3. The molecule has 140 valence electrons. The molecule has 2 aromatic rings. The van der Waals surface area contributed by atoms with Crippen LogP contribution in [0.4, 0.5) is 23.2 Å². The Morgan fingerprint density at radius 2 is 1.74 bits per heavy atom. The average Bonchev–Trinajstić information content (AvgIpc) is 2.67. The van der Waals surface area contributed by atoms with Crippen LogP contribution in [0.15, 0.2) is 42.5 Å². The molecule has 4 nitrogen and oxygen atoms in total. The van der Waals surface area contributed by atoms with Gasteiger partial charge in [0.05, 0.1) is 16.8 Å². The van der Waals surface area contributed by atoms with Crippen molar-refractivity contribution < 1.29 is 22.4 Å². The predicted molar refractivity (Wildman–Crippen MR) is 90.7 cm³/mol. The van der Waals surface area contributed by atoms with Gasteiger partial charge in [-0.2, -0.15) is 18.4 Å². The third kappa shape index (κ3) is 4.03. The monoisotopic (exact) mass is 377 g/mol. The normalized spacial score (nSPS) is 14.8. The number of piperazine rings is 1. The van der Waals surface area contributed by atoms with Gasteiger partial charge < -0.3 is 9.80 Å². The van der Waals surface area contributed by atoms with E-state index in [-0.39, 0.29) is 24.2 Å². The van der Waals surface area contributed by atoms with E-state index in [1.54, 1.807) is 0 Å². The van der Waals surface area contributed by atoms with Crippen LogP contribution in [-0.2, 0) is 6.18 Å².